The van der Waals surface area contributed by atoms with Gasteiger partial charge in [0.25, 0.3) is 0 Å². The average Bonchev–Trinajstić information content (AvgIpc) is 2.82. The molecule has 4 rings (SSSR count). The number of hydrogen-bond acceptors (Lipinski definition) is 1. The van der Waals surface area contributed by atoms with Crippen LogP contribution in [-0.2, 0) is 5.41 Å². The largest absolute Gasteiger partial charge is 0.388 e. The quantitative estimate of drug-likeness (QED) is 0.640. The molecule has 1 aliphatic rings. The molecule has 0 aromatic heterocycles. The predicted octanol–water partition coefficient (Wildman–Crippen LogP) is 5.70. The Morgan fingerprint density at radius 3 is 2.13 bits per heavy atom. The lowest BCUT2D eigenvalue weighted by molar-refractivity contribution is 0.660. The molecule has 0 spiro atoms. The fourth-order valence-electron chi connectivity index (χ4n) is 3.81. The minimum atomic E-state index is 0.0484. The zero-order valence-electron chi connectivity index (χ0n) is 13.9. The van der Waals surface area contributed by atoms with Gasteiger partial charge < -0.3 is 5.32 Å². The number of rotatable bonds is 2. The summed E-state index contributed by atoms with van der Waals surface area (Å²) in [6.45, 7) is 4.64. The third kappa shape index (κ3) is 2.00. The number of fused-ring (bicyclic) bond motifs is 3. The second kappa shape index (κ2) is 4.99. The molecule has 1 heteroatoms. The van der Waals surface area contributed by atoms with Crippen LogP contribution in [0.5, 0.6) is 0 Å². The van der Waals surface area contributed by atoms with E-state index in [4.69, 9.17) is 0 Å². The maximum atomic E-state index is 3.39. The van der Waals surface area contributed by atoms with Gasteiger partial charge in [-0.25, -0.2) is 0 Å². The summed E-state index contributed by atoms with van der Waals surface area (Å²) in [7, 11) is 2.00. The van der Waals surface area contributed by atoms with Gasteiger partial charge in [0.05, 0.1) is 0 Å². The Morgan fingerprint density at radius 1 is 0.696 bits per heavy atom. The zero-order valence-corrected chi connectivity index (χ0v) is 13.9. The first kappa shape index (κ1) is 14.1. The molecule has 1 nitrogen and oxygen atoms in total. The van der Waals surface area contributed by atoms with Crippen molar-refractivity contribution >= 4 is 5.69 Å². The summed E-state index contributed by atoms with van der Waals surface area (Å²) in [5.41, 5.74) is 9.31. The molecule has 0 radical (unpaired) electrons. The number of hydrogen-bond donors (Lipinski definition) is 1. The SMILES string of the molecule is CNc1cc2c(cc1-c1ccccc1)-c1ccccc1C2(C)C. The fourth-order valence-corrected chi connectivity index (χ4v) is 3.81. The summed E-state index contributed by atoms with van der Waals surface area (Å²) in [6.07, 6.45) is 0. The smallest absolute Gasteiger partial charge is 0.0420 e. The Balaban J connectivity index is 2.02. The van der Waals surface area contributed by atoms with Gasteiger partial charge in [-0.15, -0.1) is 0 Å². The first-order valence-corrected chi connectivity index (χ1v) is 8.14. The molecule has 0 heterocycles. The molecule has 23 heavy (non-hydrogen) atoms. The third-order valence-corrected chi connectivity index (χ3v) is 5.08. The van der Waals surface area contributed by atoms with E-state index >= 15 is 0 Å². The highest BCUT2D eigenvalue weighted by atomic mass is 14.8. The van der Waals surface area contributed by atoms with E-state index in [0.29, 0.717) is 0 Å². The van der Waals surface area contributed by atoms with E-state index in [1.807, 2.05) is 7.05 Å². The topological polar surface area (TPSA) is 12.0 Å². The van der Waals surface area contributed by atoms with Crippen LogP contribution in [-0.4, -0.2) is 7.05 Å². The van der Waals surface area contributed by atoms with Crippen molar-refractivity contribution in [1.29, 1.82) is 0 Å². The van der Waals surface area contributed by atoms with Gasteiger partial charge in [0.15, 0.2) is 0 Å². The second-order valence-corrected chi connectivity index (χ2v) is 6.73. The highest BCUT2D eigenvalue weighted by Gasteiger charge is 2.35. The third-order valence-electron chi connectivity index (χ3n) is 5.08. The van der Waals surface area contributed by atoms with E-state index in [2.05, 4.69) is 85.9 Å². The first-order valence-electron chi connectivity index (χ1n) is 8.14. The Kier molecular flexibility index (Phi) is 3.05. The van der Waals surface area contributed by atoms with Crippen molar-refractivity contribution in [3.05, 3.63) is 77.9 Å². The molecule has 0 saturated heterocycles. The monoisotopic (exact) mass is 299 g/mol. The lowest BCUT2D eigenvalue weighted by Gasteiger charge is -2.22. The summed E-state index contributed by atoms with van der Waals surface area (Å²) < 4.78 is 0. The van der Waals surface area contributed by atoms with Crippen LogP contribution in [0.1, 0.15) is 25.0 Å². The Morgan fingerprint density at radius 2 is 1.39 bits per heavy atom. The van der Waals surface area contributed by atoms with Crippen LogP contribution >= 0.6 is 0 Å². The van der Waals surface area contributed by atoms with E-state index in [-0.39, 0.29) is 5.41 Å². The average molecular weight is 299 g/mol. The lowest BCUT2D eigenvalue weighted by atomic mass is 9.82. The standard InChI is InChI=1S/C22H21N/c1-22(2)19-12-8-7-11-16(19)18-13-17(15-9-5-4-6-10-15)21(23-3)14-20(18)22/h4-14,23H,1-3H3. The summed E-state index contributed by atoms with van der Waals surface area (Å²) in [5.74, 6) is 0. The van der Waals surface area contributed by atoms with Crippen LogP contribution in [0.3, 0.4) is 0 Å². The normalized spacial score (nSPS) is 14.2. The lowest BCUT2D eigenvalue weighted by Crippen LogP contribution is -2.15. The van der Waals surface area contributed by atoms with Crippen LogP contribution in [0.25, 0.3) is 22.3 Å². The molecule has 0 amide bonds. The van der Waals surface area contributed by atoms with Crippen molar-refractivity contribution in [3.8, 4) is 22.3 Å². The summed E-state index contributed by atoms with van der Waals surface area (Å²) in [4.78, 5) is 0. The maximum absolute atomic E-state index is 3.39. The Labute approximate surface area is 138 Å². The summed E-state index contributed by atoms with van der Waals surface area (Å²) in [6, 6.07) is 24.1. The molecule has 0 atom stereocenters. The van der Waals surface area contributed by atoms with Crippen LogP contribution in [0.2, 0.25) is 0 Å². The Hall–Kier alpha value is -2.54. The van der Waals surface area contributed by atoms with Gasteiger partial charge in [0.2, 0.25) is 0 Å². The summed E-state index contributed by atoms with van der Waals surface area (Å²) >= 11 is 0. The van der Waals surface area contributed by atoms with E-state index in [0.717, 1.165) is 0 Å². The van der Waals surface area contributed by atoms with E-state index in [1.54, 1.807) is 0 Å². The minimum Gasteiger partial charge on any atom is -0.388 e. The molecule has 0 saturated carbocycles. The highest BCUT2D eigenvalue weighted by Crippen LogP contribution is 2.51. The van der Waals surface area contributed by atoms with Gasteiger partial charge in [-0.1, -0.05) is 68.4 Å². The highest BCUT2D eigenvalue weighted by molar-refractivity contribution is 5.90. The number of anilines is 1. The fraction of sp³-hybridized carbons (Fsp3) is 0.182. The van der Waals surface area contributed by atoms with Gasteiger partial charge in [0.1, 0.15) is 0 Å². The summed E-state index contributed by atoms with van der Waals surface area (Å²) in [5, 5.41) is 3.39. The van der Waals surface area contributed by atoms with Gasteiger partial charge in [0, 0.05) is 23.7 Å². The Bertz CT molecular complexity index is 876. The predicted molar refractivity (Wildman–Crippen MR) is 99.0 cm³/mol. The molecule has 1 N–H and O–H groups in total. The van der Waals surface area contributed by atoms with Gasteiger partial charge in [-0.2, -0.15) is 0 Å². The molecular formula is C22H21N. The van der Waals surface area contributed by atoms with Crippen molar-refractivity contribution in [3.63, 3.8) is 0 Å². The van der Waals surface area contributed by atoms with E-state index < -0.39 is 0 Å². The van der Waals surface area contributed by atoms with Crippen LogP contribution in [0.15, 0.2) is 66.7 Å². The van der Waals surface area contributed by atoms with Crippen LogP contribution < -0.4 is 5.32 Å². The number of benzene rings is 3. The van der Waals surface area contributed by atoms with Gasteiger partial charge >= 0.3 is 0 Å². The van der Waals surface area contributed by atoms with Crippen molar-refractivity contribution < 1.29 is 0 Å². The van der Waals surface area contributed by atoms with E-state index in [9.17, 15) is 0 Å². The molecule has 3 aromatic rings. The van der Waals surface area contributed by atoms with E-state index in [1.165, 1.54) is 39.1 Å². The molecule has 0 fully saturated rings. The molecule has 0 bridgehead atoms. The van der Waals surface area contributed by atoms with Crippen molar-refractivity contribution in [2.75, 3.05) is 12.4 Å². The molecule has 0 aliphatic heterocycles. The maximum Gasteiger partial charge on any atom is 0.0420 e. The van der Waals surface area contributed by atoms with Gasteiger partial charge in [-0.3, -0.25) is 0 Å². The molecule has 0 unspecified atom stereocenters. The molecule has 3 aromatic carbocycles. The number of nitrogens with one attached hydrogen (secondary N) is 1. The molecule has 114 valence electrons. The van der Waals surface area contributed by atoms with Gasteiger partial charge in [-0.05, 0) is 39.9 Å². The minimum absolute atomic E-state index is 0.0484. The van der Waals surface area contributed by atoms with Crippen LogP contribution in [0, 0.1) is 0 Å². The first-order chi connectivity index (χ1) is 11.1. The second-order valence-electron chi connectivity index (χ2n) is 6.73. The molecular weight excluding hydrogens is 278 g/mol. The van der Waals surface area contributed by atoms with Crippen molar-refractivity contribution in [1.82, 2.24) is 0 Å². The molecule has 1 aliphatic carbocycles. The zero-order chi connectivity index (χ0) is 16.0. The van der Waals surface area contributed by atoms with Crippen molar-refractivity contribution in [2.24, 2.45) is 0 Å². The van der Waals surface area contributed by atoms with Crippen LogP contribution in [0.4, 0.5) is 5.69 Å². The van der Waals surface area contributed by atoms with Crippen molar-refractivity contribution in [2.45, 2.75) is 19.3 Å².